The molecule has 0 saturated carbocycles. The van der Waals surface area contributed by atoms with Crippen molar-refractivity contribution in [3.63, 3.8) is 0 Å². The summed E-state index contributed by atoms with van der Waals surface area (Å²) in [5, 5.41) is 3.67. The highest BCUT2D eigenvalue weighted by atomic mass is 16.5. The van der Waals surface area contributed by atoms with Crippen molar-refractivity contribution in [3.05, 3.63) is 23.8 Å². The molecule has 0 spiro atoms. The van der Waals surface area contributed by atoms with Crippen LogP contribution in [0.5, 0.6) is 11.5 Å². The highest BCUT2D eigenvalue weighted by Gasteiger charge is 2.30. The molecule has 1 rings (SSSR count). The maximum Gasteiger partial charge on any atom is 0.127 e. The smallest absolute Gasteiger partial charge is 0.127 e. The molecule has 1 aromatic carbocycles. The monoisotopic (exact) mass is 279 g/mol. The van der Waals surface area contributed by atoms with Crippen LogP contribution in [0.3, 0.4) is 0 Å². The van der Waals surface area contributed by atoms with E-state index in [-0.39, 0.29) is 11.5 Å². The van der Waals surface area contributed by atoms with Crippen molar-refractivity contribution in [2.45, 2.75) is 46.6 Å². The van der Waals surface area contributed by atoms with E-state index in [9.17, 15) is 0 Å². The topological polar surface area (TPSA) is 30.5 Å². The molecule has 1 aromatic rings. The molecule has 0 heterocycles. The molecule has 0 amide bonds. The van der Waals surface area contributed by atoms with Gasteiger partial charge in [-0.15, -0.1) is 0 Å². The first-order valence-electron chi connectivity index (χ1n) is 7.45. The average Bonchev–Trinajstić information content (AvgIpc) is 2.47. The van der Waals surface area contributed by atoms with Gasteiger partial charge in [0, 0.05) is 17.7 Å². The summed E-state index contributed by atoms with van der Waals surface area (Å²) in [5.74, 6) is 1.72. The average molecular weight is 279 g/mol. The Morgan fingerprint density at radius 1 is 1.15 bits per heavy atom. The van der Waals surface area contributed by atoms with Crippen molar-refractivity contribution in [2.24, 2.45) is 5.41 Å². The van der Waals surface area contributed by atoms with Crippen molar-refractivity contribution >= 4 is 0 Å². The zero-order chi connectivity index (χ0) is 15.2. The van der Waals surface area contributed by atoms with Crippen LogP contribution in [0.2, 0.25) is 0 Å². The van der Waals surface area contributed by atoms with Gasteiger partial charge in [0.25, 0.3) is 0 Å². The summed E-state index contributed by atoms with van der Waals surface area (Å²) in [6, 6.07) is 6.35. The van der Waals surface area contributed by atoms with E-state index >= 15 is 0 Å². The Bertz CT molecular complexity index is 415. The van der Waals surface area contributed by atoms with E-state index in [4.69, 9.17) is 9.47 Å². The van der Waals surface area contributed by atoms with Crippen molar-refractivity contribution in [3.8, 4) is 11.5 Å². The Morgan fingerprint density at radius 2 is 1.85 bits per heavy atom. The molecule has 1 unspecified atom stereocenters. The van der Waals surface area contributed by atoms with Crippen LogP contribution in [0, 0.1) is 5.41 Å². The third-order valence-electron chi connectivity index (χ3n) is 4.04. The minimum absolute atomic E-state index is 0.164. The van der Waals surface area contributed by atoms with Crippen LogP contribution in [-0.4, -0.2) is 20.8 Å². The molecular weight excluding hydrogens is 250 g/mol. The molecule has 0 aromatic heterocycles. The zero-order valence-corrected chi connectivity index (χ0v) is 13.7. The fourth-order valence-electron chi connectivity index (χ4n) is 2.36. The van der Waals surface area contributed by atoms with Gasteiger partial charge in [0.05, 0.1) is 14.2 Å². The molecule has 3 heteroatoms. The molecule has 0 radical (unpaired) electrons. The van der Waals surface area contributed by atoms with Gasteiger partial charge < -0.3 is 14.8 Å². The normalized spacial score (nSPS) is 13.1. The summed E-state index contributed by atoms with van der Waals surface area (Å²) in [5.41, 5.74) is 1.37. The molecule has 1 atom stereocenters. The van der Waals surface area contributed by atoms with Crippen LogP contribution < -0.4 is 14.8 Å². The highest BCUT2D eigenvalue weighted by Crippen LogP contribution is 2.41. The second-order valence-electron chi connectivity index (χ2n) is 5.84. The molecule has 0 aliphatic carbocycles. The Hall–Kier alpha value is -1.22. The largest absolute Gasteiger partial charge is 0.497 e. The van der Waals surface area contributed by atoms with E-state index < -0.39 is 0 Å². The summed E-state index contributed by atoms with van der Waals surface area (Å²) >= 11 is 0. The zero-order valence-electron chi connectivity index (χ0n) is 13.7. The first-order valence-corrected chi connectivity index (χ1v) is 7.45. The summed E-state index contributed by atoms with van der Waals surface area (Å²) < 4.78 is 10.9. The van der Waals surface area contributed by atoms with Gasteiger partial charge >= 0.3 is 0 Å². The summed E-state index contributed by atoms with van der Waals surface area (Å²) in [6.45, 7) is 10.0. The van der Waals surface area contributed by atoms with Crippen LogP contribution >= 0.6 is 0 Å². The number of nitrogens with one attached hydrogen (secondary N) is 1. The number of ether oxygens (including phenoxy) is 2. The molecule has 3 nitrogen and oxygen atoms in total. The Balaban J connectivity index is 3.18. The fourth-order valence-corrected chi connectivity index (χ4v) is 2.36. The van der Waals surface area contributed by atoms with Gasteiger partial charge in [0.1, 0.15) is 11.5 Å². The third kappa shape index (κ3) is 3.89. The van der Waals surface area contributed by atoms with Gasteiger partial charge in [-0.25, -0.2) is 0 Å². The van der Waals surface area contributed by atoms with E-state index in [0.717, 1.165) is 30.9 Å². The molecule has 0 fully saturated rings. The SMILES string of the molecule is CCCNC(c1ccc(OC)cc1OC)C(C)(C)CC. The van der Waals surface area contributed by atoms with E-state index in [1.54, 1.807) is 14.2 Å². The second-order valence-corrected chi connectivity index (χ2v) is 5.84. The first kappa shape index (κ1) is 16.8. The van der Waals surface area contributed by atoms with Crippen molar-refractivity contribution < 1.29 is 9.47 Å². The molecule has 0 saturated heterocycles. The number of hydrogen-bond donors (Lipinski definition) is 1. The number of hydrogen-bond acceptors (Lipinski definition) is 3. The van der Waals surface area contributed by atoms with Gasteiger partial charge in [-0.05, 0) is 30.9 Å². The molecule has 0 bridgehead atoms. The van der Waals surface area contributed by atoms with E-state index in [1.165, 1.54) is 5.56 Å². The molecule has 114 valence electrons. The quantitative estimate of drug-likeness (QED) is 0.774. The van der Waals surface area contributed by atoms with E-state index in [1.807, 2.05) is 12.1 Å². The maximum atomic E-state index is 5.57. The molecular formula is C17H29NO2. The van der Waals surface area contributed by atoms with Gasteiger partial charge in [-0.3, -0.25) is 0 Å². The van der Waals surface area contributed by atoms with Gasteiger partial charge in [0.2, 0.25) is 0 Å². The summed E-state index contributed by atoms with van der Waals surface area (Å²) in [4.78, 5) is 0. The predicted octanol–water partition coefficient (Wildman–Crippen LogP) is 4.18. The van der Waals surface area contributed by atoms with Crippen molar-refractivity contribution in [1.29, 1.82) is 0 Å². The van der Waals surface area contributed by atoms with Crippen molar-refractivity contribution in [1.82, 2.24) is 5.32 Å². The predicted molar refractivity (Wildman–Crippen MR) is 84.7 cm³/mol. The molecule has 0 aliphatic rings. The van der Waals surface area contributed by atoms with Crippen molar-refractivity contribution in [2.75, 3.05) is 20.8 Å². The van der Waals surface area contributed by atoms with Gasteiger partial charge in [0.15, 0.2) is 0 Å². The van der Waals surface area contributed by atoms with Crippen LogP contribution in [0.15, 0.2) is 18.2 Å². The second kappa shape index (κ2) is 7.53. The Morgan fingerprint density at radius 3 is 2.35 bits per heavy atom. The van der Waals surface area contributed by atoms with Gasteiger partial charge in [-0.2, -0.15) is 0 Å². The van der Waals surface area contributed by atoms with E-state index in [0.29, 0.717) is 0 Å². The lowest BCUT2D eigenvalue weighted by Crippen LogP contribution is -2.34. The fraction of sp³-hybridized carbons (Fsp3) is 0.647. The first-order chi connectivity index (χ1) is 9.50. The summed E-state index contributed by atoms with van der Waals surface area (Å²) in [7, 11) is 3.39. The standard InChI is InChI=1S/C17H29NO2/c1-7-11-18-16(17(3,4)8-2)14-10-9-13(19-5)12-15(14)20-6/h9-10,12,16,18H,7-8,11H2,1-6H3. The van der Waals surface area contributed by atoms with Crippen LogP contribution in [0.4, 0.5) is 0 Å². The van der Waals surface area contributed by atoms with E-state index in [2.05, 4.69) is 39.1 Å². The van der Waals surface area contributed by atoms with Crippen LogP contribution in [0.1, 0.15) is 52.1 Å². The van der Waals surface area contributed by atoms with Crippen LogP contribution in [-0.2, 0) is 0 Å². The lowest BCUT2D eigenvalue weighted by atomic mass is 9.78. The molecule has 20 heavy (non-hydrogen) atoms. The lowest BCUT2D eigenvalue weighted by molar-refractivity contribution is 0.229. The minimum Gasteiger partial charge on any atom is -0.497 e. The maximum absolute atomic E-state index is 5.57. The number of methoxy groups -OCH3 is 2. The van der Waals surface area contributed by atoms with Gasteiger partial charge in [-0.1, -0.05) is 33.8 Å². The third-order valence-corrected chi connectivity index (χ3v) is 4.04. The van der Waals surface area contributed by atoms with Crippen LogP contribution in [0.25, 0.3) is 0 Å². The Kier molecular flexibility index (Phi) is 6.34. The number of rotatable bonds is 8. The Labute approximate surface area is 123 Å². The lowest BCUT2D eigenvalue weighted by Gasteiger charge is -2.35. The molecule has 1 N–H and O–H groups in total. The summed E-state index contributed by atoms with van der Waals surface area (Å²) in [6.07, 6.45) is 2.22. The molecule has 0 aliphatic heterocycles. The highest BCUT2D eigenvalue weighted by molar-refractivity contribution is 5.43. The number of benzene rings is 1. The minimum atomic E-state index is 0.164.